The Balaban J connectivity index is 1.59. The van der Waals surface area contributed by atoms with Gasteiger partial charge < -0.3 is 84.6 Å². The topological polar surface area (TPSA) is 278 Å². The second kappa shape index (κ2) is 19.6. The predicted octanol–water partition coefficient (Wildman–Crippen LogP) is -1.38. The first kappa shape index (κ1) is 44.8. The molecule has 4 aliphatic rings. The molecular weight excluding hydrogens is 740 g/mol. The molecule has 3 aliphatic heterocycles. The summed E-state index contributed by atoms with van der Waals surface area (Å²) in [5.74, 6) is -0.319. The standard InChI is InChI=1S/C39H60O17/c1-5-6-7-8-19-12-22(51-37-33(48)31(46)28(43)24(14-40)53-37)27(21-11-18(4)9-10-20(21)17(2)3)23(13-19)52-39-35(50)36(30(45)26(16-42)55-39)56-38-34(49)32(47)29(44)25(15-41)54-38/h11-13,20-21,24-26,28-50H,2,5-10,14-16H2,1,3-4H3/t20-,21+,24+,25+,26+,28+,29+,30+,31-,32-,33+,34+,35+,36-,37+,38-,39+/m0/s1. The van der Waals surface area contributed by atoms with E-state index >= 15 is 0 Å². The third-order valence-electron chi connectivity index (χ3n) is 11.2. The Morgan fingerprint density at radius 3 is 1.71 bits per heavy atom. The largest absolute Gasteiger partial charge is 0.462 e. The van der Waals surface area contributed by atoms with Crippen molar-refractivity contribution in [3.8, 4) is 11.5 Å². The molecule has 17 nitrogen and oxygen atoms in total. The number of aliphatic hydroxyl groups excluding tert-OH is 11. The van der Waals surface area contributed by atoms with Gasteiger partial charge in [-0.3, -0.25) is 0 Å². The number of hydrogen-bond donors (Lipinski definition) is 11. The fourth-order valence-electron chi connectivity index (χ4n) is 7.87. The van der Waals surface area contributed by atoms with Crippen LogP contribution >= 0.6 is 0 Å². The molecule has 11 N–H and O–H groups in total. The zero-order chi connectivity index (χ0) is 41.0. The summed E-state index contributed by atoms with van der Waals surface area (Å²) in [6.07, 6.45) is -18.0. The minimum Gasteiger partial charge on any atom is -0.462 e. The van der Waals surface area contributed by atoms with Crippen molar-refractivity contribution in [1.29, 1.82) is 0 Å². The van der Waals surface area contributed by atoms with Crippen molar-refractivity contribution in [3.05, 3.63) is 47.1 Å². The van der Waals surface area contributed by atoms with Crippen LogP contribution in [-0.2, 0) is 25.4 Å². The van der Waals surface area contributed by atoms with Gasteiger partial charge in [-0.2, -0.15) is 0 Å². The minimum atomic E-state index is -1.86. The van der Waals surface area contributed by atoms with E-state index in [1.807, 2.05) is 19.9 Å². The maximum Gasteiger partial charge on any atom is 0.229 e. The molecule has 17 atom stereocenters. The van der Waals surface area contributed by atoms with Crippen LogP contribution in [0.4, 0.5) is 0 Å². The summed E-state index contributed by atoms with van der Waals surface area (Å²) in [5, 5.41) is 116. The number of rotatable bonds is 15. The quantitative estimate of drug-likeness (QED) is 0.0720. The van der Waals surface area contributed by atoms with E-state index in [1.165, 1.54) is 0 Å². The number of aryl methyl sites for hydroxylation is 1. The van der Waals surface area contributed by atoms with Crippen molar-refractivity contribution in [3.63, 3.8) is 0 Å². The lowest BCUT2D eigenvalue weighted by Crippen LogP contribution is -2.65. The summed E-state index contributed by atoms with van der Waals surface area (Å²) < 4.78 is 35.9. The third-order valence-corrected chi connectivity index (χ3v) is 11.2. The molecule has 0 saturated carbocycles. The molecule has 3 heterocycles. The average Bonchev–Trinajstić information content (AvgIpc) is 3.17. The van der Waals surface area contributed by atoms with Gasteiger partial charge in [-0.1, -0.05) is 43.6 Å². The molecule has 5 rings (SSSR count). The molecule has 1 aromatic carbocycles. The van der Waals surface area contributed by atoms with E-state index in [2.05, 4.69) is 13.5 Å². The van der Waals surface area contributed by atoms with Gasteiger partial charge in [0.15, 0.2) is 6.29 Å². The highest BCUT2D eigenvalue weighted by Crippen LogP contribution is 2.49. The van der Waals surface area contributed by atoms with Crippen molar-refractivity contribution in [2.45, 2.75) is 157 Å². The van der Waals surface area contributed by atoms with Crippen LogP contribution in [0.25, 0.3) is 0 Å². The lowest BCUT2D eigenvalue weighted by molar-refractivity contribution is -0.352. The van der Waals surface area contributed by atoms with Crippen LogP contribution < -0.4 is 9.47 Å². The lowest BCUT2D eigenvalue weighted by Gasteiger charge is -2.46. The molecule has 3 fully saturated rings. The monoisotopic (exact) mass is 800 g/mol. The Morgan fingerprint density at radius 2 is 1.20 bits per heavy atom. The van der Waals surface area contributed by atoms with Gasteiger partial charge in [0.2, 0.25) is 12.6 Å². The maximum absolute atomic E-state index is 11.7. The summed E-state index contributed by atoms with van der Waals surface area (Å²) in [7, 11) is 0. The van der Waals surface area contributed by atoms with Gasteiger partial charge in [0.1, 0.15) is 84.7 Å². The number of unbranched alkanes of at least 4 members (excludes halogenated alkanes) is 2. The summed E-state index contributed by atoms with van der Waals surface area (Å²) in [4.78, 5) is 0. The molecule has 3 saturated heterocycles. The number of aliphatic hydroxyl groups is 11. The van der Waals surface area contributed by atoms with E-state index in [0.29, 0.717) is 24.0 Å². The highest BCUT2D eigenvalue weighted by Gasteiger charge is 2.52. The first-order valence-corrected chi connectivity index (χ1v) is 19.4. The Bertz CT molecular complexity index is 1470. The van der Waals surface area contributed by atoms with Gasteiger partial charge in [0.25, 0.3) is 0 Å². The minimum absolute atomic E-state index is 0.143. The summed E-state index contributed by atoms with van der Waals surface area (Å²) in [5.41, 5.74) is 3.02. The van der Waals surface area contributed by atoms with Crippen LogP contribution in [0.15, 0.2) is 35.9 Å². The van der Waals surface area contributed by atoms with Crippen LogP contribution in [0.1, 0.15) is 69.9 Å². The summed E-state index contributed by atoms with van der Waals surface area (Å²) in [6, 6.07) is 3.51. The van der Waals surface area contributed by atoms with Gasteiger partial charge in [-0.25, -0.2) is 0 Å². The van der Waals surface area contributed by atoms with Crippen LogP contribution in [0.2, 0.25) is 0 Å². The molecule has 17 heteroatoms. The summed E-state index contributed by atoms with van der Waals surface area (Å²) in [6.45, 7) is 7.97. The predicted molar refractivity (Wildman–Crippen MR) is 195 cm³/mol. The first-order valence-electron chi connectivity index (χ1n) is 19.4. The second-order valence-electron chi connectivity index (χ2n) is 15.4. The van der Waals surface area contributed by atoms with Gasteiger partial charge in [-0.15, -0.1) is 0 Å². The first-order chi connectivity index (χ1) is 26.6. The molecule has 318 valence electrons. The normalized spacial score (nSPS) is 40.5. The molecule has 0 aromatic heterocycles. The number of allylic oxidation sites excluding steroid dienone is 3. The Hall–Kier alpha value is -2.30. The van der Waals surface area contributed by atoms with Crippen LogP contribution in [0, 0.1) is 5.92 Å². The van der Waals surface area contributed by atoms with E-state index in [-0.39, 0.29) is 17.4 Å². The maximum atomic E-state index is 11.7. The van der Waals surface area contributed by atoms with Crippen LogP contribution in [0.3, 0.4) is 0 Å². The molecule has 0 radical (unpaired) electrons. The van der Waals surface area contributed by atoms with Gasteiger partial charge >= 0.3 is 0 Å². The molecule has 0 spiro atoms. The van der Waals surface area contributed by atoms with E-state index in [9.17, 15) is 56.2 Å². The second-order valence-corrected chi connectivity index (χ2v) is 15.4. The summed E-state index contributed by atoms with van der Waals surface area (Å²) >= 11 is 0. The number of hydrogen-bond acceptors (Lipinski definition) is 17. The average molecular weight is 801 g/mol. The zero-order valence-electron chi connectivity index (χ0n) is 32.0. The number of benzene rings is 1. The third kappa shape index (κ3) is 9.59. The van der Waals surface area contributed by atoms with E-state index in [4.69, 9.17) is 28.4 Å². The molecule has 1 aliphatic carbocycles. The Kier molecular flexibility index (Phi) is 15.7. The van der Waals surface area contributed by atoms with Gasteiger partial charge in [0.05, 0.1) is 19.8 Å². The molecule has 0 amide bonds. The highest BCUT2D eigenvalue weighted by molar-refractivity contribution is 5.53. The molecular formula is C39H60O17. The lowest BCUT2D eigenvalue weighted by atomic mass is 9.73. The molecule has 0 unspecified atom stereocenters. The van der Waals surface area contributed by atoms with Crippen LogP contribution in [-0.4, -0.2) is 168 Å². The molecule has 56 heavy (non-hydrogen) atoms. The van der Waals surface area contributed by atoms with Crippen molar-refractivity contribution in [2.75, 3.05) is 19.8 Å². The van der Waals surface area contributed by atoms with Gasteiger partial charge in [0, 0.05) is 11.5 Å². The van der Waals surface area contributed by atoms with E-state index in [1.54, 1.807) is 12.1 Å². The molecule has 0 bridgehead atoms. The number of ether oxygens (including phenoxy) is 6. The Morgan fingerprint density at radius 1 is 0.696 bits per heavy atom. The van der Waals surface area contributed by atoms with Crippen molar-refractivity contribution in [2.24, 2.45) is 5.92 Å². The Labute approximate surface area is 325 Å². The zero-order valence-corrected chi connectivity index (χ0v) is 32.0. The van der Waals surface area contributed by atoms with Crippen molar-refractivity contribution >= 4 is 0 Å². The van der Waals surface area contributed by atoms with Crippen LogP contribution in [0.5, 0.6) is 11.5 Å². The fourth-order valence-corrected chi connectivity index (χ4v) is 7.87. The smallest absolute Gasteiger partial charge is 0.229 e. The highest BCUT2D eigenvalue weighted by atomic mass is 16.7. The van der Waals surface area contributed by atoms with Crippen molar-refractivity contribution in [1.82, 2.24) is 0 Å². The van der Waals surface area contributed by atoms with Gasteiger partial charge in [-0.05, 0) is 63.1 Å². The van der Waals surface area contributed by atoms with E-state index in [0.717, 1.165) is 36.8 Å². The van der Waals surface area contributed by atoms with Crippen molar-refractivity contribution < 1.29 is 84.6 Å². The molecule has 1 aromatic rings. The van der Waals surface area contributed by atoms with E-state index < -0.39 is 118 Å². The fraction of sp³-hybridized carbons (Fsp3) is 0.744. The SMILES string of the molecule is C=C(C)[C@@H]1CCC(C)=C[C@H]1c1c(O[C@@H]2O[C@H](CO)[C@@H](O)[C@H](O)[C@H]2O)cc(CCCCC)cc1O[C@@H]1O[C@H](CO)[C@@H](O)[C@H](O[C@@H]2O[C@H](CO)[C@@H](O)[C@H](O)[C@H]2O)[C@H]1O.